The maximum atomic E-state index is 11.5. The Morgan fingerprint density at radius 1 is 1.47 bits per heavy atom. The van der Waals surface area contributed by atoms with E-state index in [2.05, 4.69) is 20.9 Å². The van der Waals surface area contributed by atoms with Crippen LogP contribution in [0.4, 0.5) is 0 Å². The summed E-state index contributed by atoms with van der Waals surface area (Å²) in [6, 6.07) is 5.53. The quantitative estimate of drug-likeness (QED) is 0.800. The number of carbonyl (C=O) groups excluding carboxylic acids is 1. The van der Waals surface area contributed by atoms with E-state index in [1.807, 2.05) is 19.1 Å². The van der Waals surface area contributed by atoms with Gasteiger partial charge in [0, 0.05) is 14.9 Å². The zero-order valence-electron chi connectivity index (χ0n) is 9.36. The third-order valence-electron chi connectivity index (χ3n) is 2.12. The second-order valence-electron chi connectivity index (χ2n) is 3.55. The second kappa shape index (κ2) is 5.06. The number of rotatable bonds is 3. The Hall–Kier alpha value is -1.07. The Morgan fingerprint density at radius 3 is 2.82 bits per heavy atom. The lowest BCUT2D eigenvalue weighted by Crippen LogP contribution is -1.94. The molecule has 0 bridgehead atoms. The highest BCUT2D eigenvalue weighted by atomic mass is 79.9. The Labute approximate surface area is 112 Å². The van der Waals surface area contributed by atoms with Gasteiger partial charge in [0.15, 0.2) is 5.78 Å². The molecule has 2 rings (SSSR count). The molecule has 88 valence electrons. The molecule has 1 heterocycles. The van der Waals surface area contributed by atoms with E-state index in [1.54, 1.807) is 19.3 Å². The van der Waals surface area contributed by atoms with Crippen LogP contribution in [0.2, 0.25) is 0 Å². The minimum atomic E-state index is 0.0308. The summed E-state index contributed by atoms with van der Waals surface area (Å²) in [5.41, 5.74) is 1.50. The fourth-order valence-corrected chi connectivity index (χ4v) is 2.84. The molecule has 0 saturated heterocycles. The lowest BCUT2D eigenvalue weighted by atomic mass is 10.1. The summed E-state index contributed by atoms with van der Waals surface area (Å²) < 4.78 is 6.19. The van der Waals surface area contributed by atoms with Gasteiger partial charge in [0.1, 0.15) is 6.26 Å². The first kappa shape index (κ1) is 12.4. The third-order valence-corrected chi connectivity index (χ3v) is 3.53. The topological polar surface area (TPSA) is 43.1 Å². The number of halogens is 1. The van der Waals surface area contributed by atoms with Gasteiger partial charge in [0.25, 0.3) is 5.22 Å². The van der Waals surface area contributed by atoms with Crippen LogP contribution in [-0.4, -0.2) is 10.8 Å². The molecule has 0 N–H and O–H groups in total. The zero-order chi connectivity index (χ0) is 12.4. The smallest absolute Gasteiger partial charge is 0.260 e. The minimum absolute atomic E-state index is 0.0308. The standard InChI is InChI=1S/C12H10BrNO2S/c1-7-6-16-12(14-7)17-11-5-9(13)3-4-10(11)8(2)15/h3-6H,1-2H3. The van der Waals surface area contributed by atoms with E-state index >= 15 is 0 Å². The molecular weight excluding hydrogens is 302 g/mol. The van der Waals surface area contributed by atoms with Crippen LogP contribution in [-0.2, 0) is 0 Å². The first-order valence-electron chi connectivity index (χ1n) is 4.97. The second-order valence-corrected chi connectivity index (χ2v) is 5.46. The predicted molar refractivity (Wildman–Crippen MR) is 69.5 cm³/mol. The van der Waals surface area contributed by atoms with Gasteiger partial charge in [-0.2, -0.15) is 0 Å². The lowest BCUT2D eigenvalue weighted by molar-refractivity contribution is 0.101. The summed E-state index contributed by atoms with van der Waals surface area (Å²) >= 11 is 4.74. The average Bonchev–Trinajstić information content (AvgIpc) is 2.63. The summed E-state index contributed by atoms with van der Waals surface area (Å²) in [6.07, 6.45) is 1.59. The molecule has 0 aliphatic carbocycles. The lowest BCUT2D eigenvalue weighted by Gasteiger charge is -2.04. The highest BCUT2D eigenvalue weighted by Crippen LogP contribution is 2.32. The SMILES string of the molecule is CC(=O)c1ccc(Br)cc1Sc1nc(C)co1. The molecule has 0 aliphatic heterocycles. The number of hydrogen-bond donors (Lipinski definition) is 0. The van der Waals surface area contributed by atoms with Gasteiger partial charge < -0.3 is 4.42 Å². The number of Topliss-reactive ketones (excluding diaryl/α,β-unsaturated/α-hetero) is 1. The van der Waals surface area contributed by atoms with Crippen LogP contribution < -0.4 is 0 Å². The van der Waals surface area contributed by atoms with Gasteiger partial charge in [0.05, 0.1) is 5.69 Å². The Bertz CT molecular complexity index is 565. The molecule has 3 nitrogen and oxygen atoms in total. The van der Waals surface area contributed by atoms with Crippen molar-refractivity contribution >= 4 is 33.5 Å². The number of aromatic nitrogens is 1. The van der Waals surface area contributed by atoms with Gasteiger partial charge in [-0.15, -0.1) is 0 Å². The van der Waals surface area contributed by atoms with Gasteiger partial charge in [-0.25, -0.2) is 4.98 Å². The van der Waals surface area contributed by atoms with E-state index in [9.17, 15) is 4.79 Å². The van der Waals surface area contributed by atoms with Crippen molar-refractivity contribution in [2.45, 2.75) is 24.0 Å². The fourth-order valence-electron chi connectivity index (χ4n) is 1.34. The number of hydrogen-bond acceptors (Lipinski definition) is 4. The summed E-state index contributed by atoms with van der Waals surface area (Å²) in [5.74, 6) is 0.0308. The van der Waals surface area contributed by atoms with Crippen LogP contribution in [0.3, 0.4) is 0 Å². The molecule has 1 aromatic heterocycles. The van der Waals surface area contributed by atoms with E-state index in [4.69, 9.17) is 4.42 Å². The highest BCUT2D eigenvalue weighted by molar-refractivity contribution is 9.10. The van der Waals surface area contributed by atoms with Crippen molar-refractivity contribution in [2.75, 3.05) is 0 Å². The first-order valence-corrected chi connectivity index (χ1v) is 6.57. The van der Waals surface area contributed by atoms with Crippen LogP contribution in [0.25, 0.3) is 0 Å². The molecular formula is C12H10BrNO2S. The van der Waals surface area contributed by atoms with Crippen LogP contribution >= 0.6 is 27.7 Å². The molecule has 0 saturated carbocycles. The summed E-state index contributed by atoms with van der Waals surface area (Å²) in [5, 5.41) is 0.545. The first-order chi connectivity index (χ1) is 8.06. The molecule has 0 atom stereocenters. The number of ketones is 1. The highest BCUT2D eigenvalue weighted by Gasteiger charge is 2.12. The molecule has 0 amide bonds. The van der Waals surface area contributed by atoms with Gasteiger partial charge >= 0.3 is 0 Å². The van der Waals surface area contributed by atoms with E-state index in [-0.39, 0.29) is 5.78 Å². The van der Waals surface area contributed by atoms with E-state index in [1.165, 1.54) is 11.8 Å². The van der Waals surface area contributed by atoms with Crippen LogP contribution in [0.5, 0.6) is 0 Å². The zero-order valence-corrected chi connectivity index (χ0v) is 11.8. The normalized spacial score (nSPS) is 10.5. The Balaban J connectivity index is 2.37. The van der Waals surface area contributed by atoms with E-state index in [0.29, 0.717) is 10.8 Å². The molecule has 0 fully saturated rings. The largest absolute Gasteiger partial charge is 0.439 e. The molecule has 17 heavy (non-hydrogen) atoms. The number of benzene rings is 1. The number of carbonyl (C=O) groups is 1. The van der Waals surface area contributed by atoms with Gasteiger partial charge in [-0.05, 0) is 43.8 Å². The third kappa shape index (κ3) is 2.98. The molecule has 0 aliphatic rings. The van der Waals surface area contributed by atoms with Crippen molar-refractivity contribution in [3.05, 3.63) is 40.2 Å². The van der Waals surface area contributed by atoms with Crippen molar-refractivity contribution in [1.29, 1.82) is 0 Å². The molecule has 0 unspecified atom stereocenters. The van der Waals surface area contributed by atoms with Gasteiger partial charge in [-0.3, -0.25) is 4.79 Å². The van der Waals surface area contributed by atoms with E-state index < -0.39 is 0 Å². The fraction of sp³-hybridized carbons (Fsp3) is 0.167. The Morgan fingerprint density at radius 2 is 2.24 bits per heavy atom. The van der Waals surface area contributed by atoms with Gasteiger partial charge in [-0.1, -0.05) is 15.9 Å². The maximum Gasteiger partial charge on any atom is 0.260 e. The molecule has 5 heteroatoms. The van der Waals surface area contributed by atoms with Crippen molar-refractivity contribution in [3.63, 3.8) is 0 Å². The van der Waals surface area contributed by atoms with Gasteiger partial charge in [0.2, 0.25) is 0 Å². The van der Waals surface area contributed by atoms with Crippen molar-refractivity contribution in [2.24, 2.45) is 0 Å². The van der Waals surface area contributed by atoms with Crippen molar-refractivity contribution in [3.8, 4) is 0 Å². The molecule has 0 spiro atoms. The van der Waals surface area contributed by atoms with Crippen molar-refractivity contribution in [1.82, 2.24) is 4.98 Å². The van der Waals surface area contributed by atoms with Crippen LogP contribution in [0.15, 0.2) is 43.5 Å². The van der Waals surface area contributed by atoms with Crippen molar-refractivity contribution < 1.29 is 9.21 Å². The minimum Gasteiger partial charge on any atom is -0.439 e. The van der Waals surface area contributed by atoms with E-state index in [0.717, 1.165) is 15.1 Å². The molecule has 2 aromatic rings. The molecule has 1 aromatic carbocycles. The number of nitrogens with zero attached hydrogens (tertiary/aromatic N) is 1. The summed E-state index contributed by atoms with van der Waals surface area (Å²) in [4.78, 5) is 16.5. The average molecular weight is 312 g/mol. The Kier molecular flexibility index (Phi) is 3.69. The summed E-state index contributed by atoms with van der Waals surface area (Å²) in [6.45, 7) is 3.41. The molecule has 0 radical (unpaired) electrons. The van der Waals surface area contributed by atoms with Crippen LogP contribution in [0.1, 0.15) is 23.0 Å². The van der Waals surface area contributed by atoms with Crippen LogP contribution in [0, 0.1) is 6.92 Å². The summed E-state index contributed by atoms with van der Waals surface area (Å²) in [7, 11) is 0. The maximum absolute atomic E-state index is 11.5. The number of oxazole rings is 1. The monoisotopic (exact) mass is 311 g/mol. The number of aryl methyl sites for hydroxylation is 1. The predicted octanol–water partition coefficient (Wildman–Crippen LogP) is 4.10.